The van der Waals surface area contributed by atoms with Crippen LogP contribution in [0.2, 0.25) is 0 Å². The van der Waals surface area contributed by atoms with E-state index in [1.54, 1.807) is 11.5 Å². The summed E-state index contributed by atoms with van der Waals surface area (Å²) in [6.45, 7) is 6.11. The molecule has 212 valence electrons. The minimum Gasteiger partial charge on any atom is -0.343 e. The van der Waals surface area contributed by atoms with Crippen molar-refractivity contribution in [3.8, 4) is 0 Å². The van der Waals surface area contributed by atoms with Crippen LogP contribution in [0.1, 0.15) is 64.7 Å². The first-order valence-electron chi connectivity index (χ1n) is 13.0. The van der Waals surface area contributed by atoms with Crippen molar-refractivity contribution in [3.63, 3.8) is 0 Å². The van der Waals surface area contributed by atoms with E-state index < -0.39 is 23.7 Å². The van der Waals surface area contributed by atoms with Crippen molar-refractivity contribution in [3.05, 3.63) is 103 Å². The van der Waals surface area contributed by atoms with Gasteiger partial charge in [-0.2, -0.15) is 22.8 Å². The SMILES string of the molecule is Cc1nn2c(=O)n(Cc3ccccc3)c(C(NC(=O)c3ccc(C(F)(F)F)cc3CCCN)C(C)C)cc2c1Br. The fourth-order valence-corrected chi connectivity index (χ4v) is 5.08. The summed E-state index contributed by atoms with van der Waals surface area (Å²) in [5, 5.41) is 7.40. The van der Waals surface area contributed by atoms with Gasteiger partial charge in [0.1, 0.15) is 0 Å². The average Bonchev–Trinajstić information content (AvgIpc) is 3.20. The van der Waals surface area contributed by atoms with Gasteiger partial charge in [0, 0.05) is 11.3 Å². The zero-order valence-electron chi connectivity index (χ0n) is 22.4. The molecule has 0 saturated heterocycles. The molecule has 0 fully saturated rings. The van der Waals surface area contributed by atoms with Crippen LogP contribution in [0.5, 0.6) is 0 Å². The van der Waals surface area contributed by atoms with E-state index in [4.69, 9.17) is 5.73 Å². The van der Waals surface area contributed by atoms with Crippen molar-refractivity contribution in [2.45, 2.75) is 52.4 Å². The lowest BCUT2D eigenvalue weighted by Crippen LogP contribution is -2.38. The summed E-state index contributed by atoms with van der Waals surface area (Å²) in [5.74, 6) is -0.695. The summed E-state index contributed by atoms with van der Waals surface area (Å²) < 4.78 is 43.8. The van der Waals surface area contributed by atoms with Gasteiger partial charge in [-0.25, -0.2) is 4.79 Å². The molecule has 0 radical (unpaired) electrons. The number of carbonyl (C=O) groups is 1. The third-order valence-electron chi connectivity index (χ3n) is 6.81. The largest absolute Gasteiger partial charge is 0.416 e. The monoisotopic (exact) mass is 617 g/mol. The van der Waals surface area contributed by atoms with Crippen LogP contribution in [0.15, 0.2) is 63.9 Å². The second-order valence-corrected chi connectivity index (χ2v) is 10.9. The lowest BCUT2D eigenvalue weighted by atomic mass is 9.96. The molecule has 40 heavy (non-hydrogen) atoms. The Morgan fingerprint density at radius 2 is 1.82 bits per heavy atom. The predicted molar refractivity (Wildman–Crippen MR) is 151 cm³/mol. The Balaban J connectivity index is 1.82. The van der Waals surface area contributed by atoms with Crippen LogP contribution < -0.4 is 16.7 Å². The van der Waals surface area contributed by atoms with Crippen LogP contribution in [0, 0.1) is 12.8 Å². The first-order valence-corrected chi connectivity index (χ1v) is 13.7. The third kappa shape index (κ3) is 6.15. The maximum absolute atomic E-state index is 13.7. The molecule has 0 aliphatic carbocycles. The Bertz CT molecular complexity index is 1580. The molecular weight excluding hydrogens is 587 g/mol. The van der Waals surface area contributed by atoms with Gasteiger partial charge in [0.05, 0.1) is 33.8 Å². The molecular formula is C29H31BrF3N5O2. The molecule has 3 N–H and O–H groups in total. The first-order chi connectivity index (χ1) is 18.9. The highest BCUT2D eigenvalue weighted by molar-refractivity contribution is 9.10. The van der Waals surface area contributed by atoms with Gasteiger partial charge >= 0.3 is 11.9 Å². The molecule has 0 spiro atoms. The molecule has 4 aromatic rings. The number of aromatic nitrogens is 3. The molecule has 7 nitrogen and oxygen atoms in total. The molecule has 1 atom stereocenters. The number of nitrogens with zero attached hydrogens (tertiary/aromatic N) is 3. The van der Waals surface area contributed by atoms with Gasteiger partial charge in [-0.3, -0.25) is 9.36 Å². The predicted octanol–water partition coefficient (Wildman–Crippen LogP) is 5.65. The summed E-state index contributed by atoms with van der Waals surface area (Å²) in [7, 11) is 0. The lowest BCUT2D eigenvalue weighted by Gasteiger charge is -2.27. The molecule has 0 aliphatic rings. The fraction of sp³-hybridized carbons (Fsp3) is 0.345. The average molecular weight is 618 g/mol. The number of hydrogen-bond donors (Lipinski definition) is 2. The van der Waals surface area contributed by atoms with Gasteiger partial charge in [0.2, 0.25) is 0 Å². The minimum atomic E-state index is -4.54. The Hall–Kier alpha value is -3.44. The zero-order valence-corrected chi connectivity index (χ0v) is 24.0. The normalized spacial score (nSPS) is 12.7. The van der Waals surface area contributed by atoms with E-state index in [0.29, 0.717) is 27.8 Å². The fourth-order valence-electron chi connectivity index (χ4n) is 4.71. The number of aryl methyl sites for hydroxylation is 2. The standard InChI is InChI=1S/C29H31BrF3N5O2/c1-17(2)26(35-27(39)22-12-11-21(29(31,32)33)14-20(22)10-7-13-34)24-15-23-25(30)18(3)36-38(23)28(40)37(24)16-19-8-5-4-6-9-19/h4-6,8-9,11-12,14-15,17,26H,7,10,13,16,34H2,1-3H3,(H,35,39). The number of nitrogens with two attached hydrogens (primary N) is 1. The Kier molecular flexibility index (Phi) is 8.84. The van der Waals surface area contributed by atoms with Crippen molar-refractivity contribution < 1.29 is 18.0 Å². The van der Waals surface area contributed by atoms with Gasteiger partial charge in [-0.1, -0.05) is 44.2 Å². The topological polar surface area (TPSA) is 94.4 Å². The summed E-state index contributed by atoms with van der Waals surface area (Å²) in [6, 6.07) is 13.8. The number of alkyl halides is 3. The smallest absolute Gasteiger partial charge is 0.343 e. The van der Waals surface area contributed by atoms with Gasteiger partial charge in [-0.15, -0.1) is 0 Å². The second kappa shape index (κ2) is 12.0. The maximum Gasteiger partial charge on any atom is 0.416 e. The number of rotatable bonds is 9. The minimum absolute atomic E-state index is 0.145. The molecule has 0 aliphatic heterocycles. The highest BCUT2D eigenvalue weighted by Gasteiger charge is 2.32. The summed E-state index contributed by atoms with van der Waals surface area (Å²) in [4.78, 5) is 27.3. The summed E-state index contributed by atoms with van der Waals surface area (Å²) in [6.07, 6.45) is -3.88. The van der Waals surface area contributed by atoms with Crippen LogP contribution in [-0.4, -0.2) is 26.6 Å². The van der Waals surface area contributed by atoms with E-state index in [0.717, 1.165) is 17.7 Å². The second-order valence-electron chi connectivity index (χ2n) is 10.1. The highest BCUT2D eigenvalue weighted by atomic mass is 79.9. The first kappa shape index (κ1) is 29.5. The van der Waals surface area contributed by atoms with Crippen molar-refractivity contribution in [2.24, 2.45) is 11.7 Å². The van der Waals surface area contributed by atoms with Crippen molar-refractivity contribution in [2.75, 3.05) is 6.54 Å². The van der Waals surface area contributed by atoms with E-state index >= 15 is 0 Å². The van der Waals surface area contributed by atoms with E-state index in [1.807, 2.05) is 50.2 Å². The number of nitrogens with one attached hydrogen (secondary N) is 1. The summed E-state index contributed by atoms with van der Waals surface area (Å²) >= 11 is 3.52. The summed E-state index contributed by atoms with van der Waals surface area (Å²) in [5.41, 5.74) is 7.47. The number of hydrogen-bond acceptors (Lipinski definition) is 4. The van der Waals surface area contributed by atoms with E-state index in [9.17, 15) is 22.8 Å². The number of halogens is 4. The van der Waals surface area contributed by atoms with Crippen molar-refractivity contribution in [1.82, 2.24) is 19.5 Å². The van der Waals surface area contributed by atoms with Crippen molar-refractivity contribution >= 4 is 27.4 Å². The van der Waals surface area contributed by atoms with Crippen LogP contribution >= 0.6 is 15.9 Å². The molecule has 4 rings (SSSR count). The van der Waals surface area contributed by atoms with Gasteiger partial charge < -0.3 is 11.1 Å². The van der Waals surface area contributed by atoms with Crippen LogP contribution in [0.25, 0.3) is 5.52 Å². The van der Waals surface area contributed by atoms with Gasteiger partial charge in [0.25, 0.3) is 5.91 Å². The van der Waals surface area contributed by atoms with Crippen molar-refractivity contribution in [1.29, 1.82) is 0 Å². The molecule has 0 bridgehead atoms. The number of benzene rings is 2. The Morgan fingerprint density at radius 1 is 1.12 bits per heavy atom. The van der Waals surface area contributed by atoms with Crippen LogP contribution in [0.3, 0.4) is 0 Å². The van der Waals surface area contributed by atoms with Gasteiger partial charge in [-0.05, 0) is 83.6 Å². The zero-order chi connectivity index (χ0) is 29.2. The molecule has 0 saturated carbocycles. The van der Waals surface area contributed by atoms with Gasteiger partial charge in [0.15, 0.2) is 0 Å². The molecule has 2 heterocycles. The van der Waals surface area contributed by atoms with Crippen LogP contribution in [-0.2, 0) is 19.1 Å². The number of fused-ring (bicyclic) bond motifs is 1. The molecule has 2 aromatic heterocycles. The Labute approximate surface area is 238 Å². The van der Waals surface area contributed by atoms with Crippen LogP contribution in [0.4, 0.5) is 13.2 Å². The molecule has 2 aromatic carbocycles. The number of carbonyl (C=O) groups excluding carboxylic acids is 1. The Morgan fingerprint density at radius 3 is 2.45 bits per heavy atom. The van der Waals surface area contributed by atoms with E-state index in [1.165, 1.54) is 10.6 Å². The lowest BCUT2D eigenvalue weighted by molar-refractivity contribution is -0.137. The highest BCUT2D eigenvalue weighted by Crippen LogP contribution is 2.32. The third-order valence-corrected chi connectivity index (χ3v) is 7.79. The molecule has 11 heteroatoms. The molecule has 1 amide bonds. The van der Waals surface area contributed by atoms with E-state index in [2.05, 4.69) is 26.3 Å². The quantitative estimate of drug-likeness (QED) is 0.254. The maximum atomic E-state index is 13.7. The van der Waals surface area contributed by atoms with E-state index in [-0.39, 0.29) is 42.2 Å². The number of amides is 1. The molecule has 1 unspecified atom stereocenters.